The van der Waals surface area contributed by atoms with E-state index in [1.807, 2.05) is 24.3 Å². The van der Waals surface area contributed by atoms with Crippen molar-refractivity contribution in [1.82, 2.24) is 16.2 Å². The lowest BCUT2D eigenvalue weighted by atomic mass is 10.1. The van der Waals surface area contributed by atoms with Crippen molar-refractivity contribution in [2.45, 2.75) is 0 Å². The topological polar surface area (TPSA) is 132 Å². The average molecular weight is 612 g/mol. The summed E-state index contributed by atoms with van der Waals surface area (Å²) in [7, 11) is 0. The number of thiocarbonyl (C=S) groups is 1. The highest BCUT2D eigenvalue weighted by Crippen LogP contribution is 2.34. The van der Waals surface area contributed by atoms with Crippen molar-refractivity contribution in [2.75, 3.05) is 13.2 Å². The molecule has 3 aromatic rings. The van der Waals surface area contributed by atoms with E-state index >= 15 is 0 Å². The third kappa shape index (κ3) is 7.10. The Morgan fingerprint density at radius 1 is 0.941 bits per heavy atom. The molecule has 0 radical (unpaired) electrons. The van der Waals surface area contributed by atoms with E-state index in [1.165, 1.54) is 24.3 Å². The molecule has 0 atom stereocenters. The van der Waals surface area contributed by atoms with Crippen LogP contribution in [0.1, 0.15) is 0 Å². The molecule has 0 aliphatic heterocycles. The lowest BCUT2D eigenvalue weighted by Crippen LogP contribution is -2.50. The van der Waals surface area contributed by atoms with Gasteiger partial charge in [-0.05, 0) is 69.3 Å². The van der Waals surface area contributed by atoms with Crippen molar-refractivity contribution in [3.8, 4) is 11.5 Å². The lowest BCUT2D eigenvalue weighted by Gasteiger charge is -2.13. The van der Waals surface area contributed by atoms with E-state index in [0.29, 0.717) is 10.2 Å². The summed E-state index contributed by atoms with van der Waals surface area (Å²) in [6.45, 7) is -0.684. The first-order chi connectivity index (χ1) is 16.2. The van der Waals surface area contributed by atoms with Crippen molar-refractivity contribution in [2.24, 2.45) is 0 Å². The summed E-state index contributed by atoms with van der Waals surface area (Å²) < 4.78 is 12.5. The van der Waals surface area contributed by atoms with Crippen molar-refractivity contribution >= 4 is 77.5 Å². The van der Waals surface area contributed by atoms with Crippen LogP contribution in [0.5, 0.6) is 11.5 Å². The highest BCUT2D eigenvalue weighted by molar-refractivity contribution is 9.11. The number of hydrazine groups is 1. The fourth-order valence-corrected chi connectivity index (χ4v) is 3.82. The van der Waals surface area contributed by atoms with Crippen molar-refractivity contribution in [1.29, 1.82) is 0 Å². The number of amides is 2. The molecule has 10 nitrogen and oxygen atoms in total. The molecule has 3 rings (SSSR count). The van der Waals surface area contributed by atoms with Crippen LogP contribution in [0.3, 0.4) is 0 Å². The number of nitrogens with zero attached hydrogens (tertiary/aromatic N) is 1. The molecule has 0 saturated carbocycles. The van der Waals surface area contributed by atoms with Crippen molar-refractivity contribution in [3.63, 3.8) is 0 Å². The number of fused-ring (bicyclic) bond motifs is 1. The van der Waals surface area contributed by atoms with E-state index in [1.54, 1.807) is 6.07 Å². The zero-order valence-electron chi connectivity index (χ0n) is 17.2. The van der Waals surface area contributed by atoms with E-state index in [9.17, 15) is 19.7 Å². The summed E-state index contributed by atoms with van der Waals surface area (Å²) in [6, 6.07) is 14.7. The number of halogens is 2. The van der Waals surface area contributed by atoms with Gasteiger partial charge in [-0.1, -0.05) is 28.1 Å². The van der Waals surface area contributed by atoms with Crippen LogP contribution in [-0.2, 0) is 9.59 Å². The number of rotatable bonds is 7. The standard InChI is InChI=1S/C21H16Br2N4O6S/c22-13-2-7-16-12(9-13)1-8-17(20(16)23)33-11-19(29)25-26-21(34)24-18(28)10-32-15-5-3-14(4-6-15)27(30)31/h1-9H,10-11H2,(H,25,29)(H2,24,26,28,34). The number of nitro benzene ring substituents is 1. The molecule has 0 fully saturated rings. The highest BCUT2D eigenvalue weighted by atomic mass is 79.9. The zero-order valence-corrected chi connectivity index (χ0v) is 21.2. The second kappa shape index (κ2) is 11.7. The molecule has 0 unspecified atom stereocenters. The number of carbonyl (C=O) groups is 2. The molecule has 13 heteroatoms. The molecule has 34 heavy (non-hydrogen) atoms. The van der Waals surface area contributed by atoms with Crippen LogP contribution in [0.15, 0.2) is 63.5 Å². The summed E-state index contributed by atoms with van der Waals surface area (Å²) in [5.74, 6) is -0.351. The molecular formula is C21H16Br2N4O6S. The third-order valence-electron chi connectivity index (χ3n) is 4.23. The van der Waals surface area contributed by atoms with Crippen molar-refractivity contribution in [3.05, 3.63) is 73.7 Å². The first kappa shape index (κ1) is 25.3. The number of non-ortho nitro benzene ring substituents is 1. The Bertz CT molecular complexity index is 1260. The predicted molar refractivity (Wildman–Crippen MR) is 135 cm³/mol. The predicted octanol–water partition coefficient (Wildman–Crippen LogP) is 3.75. The second-order valence-corrected chi connectivity index (χ2v) is 8.74. The number of nitro groups is 1. The molecule has 0 spiro atoms. The van der Waals surface area contributed by atoms with Gasteiger partial charge in [-0.15, -0.1) is 0 Å². The summed E-state index contributed by atoms with van der Waals surface area (Å²) in [4.78, 5) is 34.0. The lowest BCUT2D eigenvalue weighted by molar-refractivity contribution is -0.384. The molecule has 0 bridgehead atoms. The molecule has 0 aliphatic rings. The van der Waals surface area contributed by atoms with Crippen LogP contribution in [0, 0.1) is 10.1 Å². The van der Waals surface area contributed by atoms with Gasteiger partial charge in [0.1, 0.15) is 11.5 Å². The summed E-state index contributed by atoms with van der Waals surface area (Å²) in [5.41, 5.74) is 4.61. The van der Waals surface area contributed by atoms with E-state index in [4.69, 9.17) is 21.7 Å². The van der Waals surface area contributed by atoms with Crippen LogP contribution in [-0.4, -0.2) is 35.1 Å². The van der Waals surface area contributed by atoms with Crippen LogP contribution in [0.2, 0.25) is 0 Å². The molecule has 3 aromatic carbocycles. The van der Waals surface area contributed by atoms with E-state index in [0.717, 1.165) is 15.2 Å². The van der Waals surface area contributed by atoms with Crippen molar-refractivity contribution < 1.29 is 24.0 Å². The molecule has 0 saturated heterocycles. The first-order valence-corrected chi connectivity index (χ1v) is 11.5. The minimum Gasteiger partial charge on any atom is -0.484 e. The average Bonchev–Trinajstić information content (AvgIpc) is 2.81. The smallest absolute Gasteiger partial charge is 0.276 e. The Morgan fingerprint density at radius 2 is 1.65 bits per heavy atom. The summed E-state index contributed by atoms with van der Waals surface area (Å²) >= 11 is 11.9. The Hall–Kier alpha value is -3.29. The zero-order chi connectivity index (χ0) is 24.7. The molecule has 3 N–H and O–H groups in total. The number of nitrogens with one attached hydrogen (secondary N) is 3. The third-order valence-corrected chi connectivity index (χ3v) is 5.74. The van der Waals surface area contributed by atoms with E-state index < -0.39 is 16.7 Å². The van der Waals surface area contributed by atoms with Gasteiger partial charge < -0.3 is 9.47 Å². The van der Waals surface area contributed by atoms with Crippen LogP contribution in [0.4, 0.5) is 5.69 Å². The minimum absolute atomic E-state index is 0.0943. The molecule has 0 aromatic heterocycles. The molecular weight excluding hydrogens is 596 g/mol. The normalized spacial score (nSPS) is 10.3. The highest BCUT2D eigenvalue weighted by Gasteiger charge is 2.11. The maximum atomic E-state index is 12.0. The van der Waals surface area contributed by atoms with Gasteiger partial charge >= 0.3 is 0 Å². The van der Waals surface area contributed by atoms with Crippen LogP contribution in [0.25, 0.3) is 10.8 Å². The second-order valence-electron chi connectivity index (χ2n) is 6.62. The fourth-order valence-electron chi connectivity index (χ4n) is 2.67. The molecule has 0 heterocycles. The van der Waals surface area contributed by atoms with E-state index in [-0.39, 0.29) is 29.8 Å². The van der Waals surface area contributed by atoms with Crippen LogP contribution < -0.4 is 25.6 Å². The largest absolute Gasteiger partial charge is 0.484 e. The van der Waals surface area contributed by atoms with Gasteiger partial charge in [0.15, 0.2) is 18.3 Å². The quantitative estimate of drug-likeness (QED) is 0.209. The Balaban J connectivity index is 1.39. The number of hydrogen-bond donors (Lipinski definition) is 3. The first-order valence-electron chi connectivity index (χ1n) is 9.49. The van der Waals surface area contributed by atoms with Gasteiger partial charge in [0.25, 0.3) is 17.5 Å². The van der Waals surface area contributed by atoms with Gasteiger partial charge in [-0.25, -0.2) is 0 Å². The number of ether oxygens (including phenoxy) is 2. The van der Waals surface area contributed by atoms with Crippen LogP contribution >= 0.6 is 44.1 Å². The monoisotopic (exact) mass is 610 g/mol. The van der Waals surface area contributed by atoms with Gasteiger partial charge in [0.2, 0.25) is 0 Å². The SMILES string of the molecule is O=C(COc1ccc2cc(Br)ccc2c1Br)NNC(=S)NC(=O)COc1ccc([N+](=O)[O-])cc1. The molecule has 176 valence electrons. The minimum atomic E-state index is -0.590. The number of hydrogen-bond acceptors (Lipinski definition) is 7. The summed E-state index contributed by atoms with van der Waals surface area (Å²) in [6.07, 6.45) is 0. The van der Waals surface area contributed by atoms with Gasteiger partial charge in [0, 0.05) is 16.6 Å². The maximum absolute atomic E-state index is 12.0. The van der Waals surface area contributed by atoms with Gasteiger partial charge in [-0.3, -0.25) is 35.9 Å². The maximum Gasteiger partial charge on any atom is 0.276 e. The Kier molecular flexibility index (Phi) is 8.73. The molecule has 2 amide bonds. The Morgan fingerprint density at radius 3 is 2.35 bits per heavy atom. The number of carbonyl (C=O) groups excluding carboxylic acids is 2. The molecule has 0 aliphatic carbocycles. The van der Waals surface area contributed by atoms with Gasteiger partial charge in [-0.2, -0.15) is 0 Å². The summed E-state index contributed by atoms with van der Waals surface area (Å²) in [5, 5.41) is 14.7. The van der Waals surface area contributed by atoms with Gasteiger partial charge in [0.05, 0.1) is 9.40 Å². The Labute approximate surface area is 215 Å². The number of benzene rings is 3. The fraction of sp³-hybridized carbons (Fsp3) is 0.0952. The van der Waals surface area contributed by atoms with E-state index in [2.05, 4.69) is 48.0 Å².